The van der Waals surface area contributed by atoms with Gasteiger partial charge in [0.05, 0.1) is 37.7 Å². The molecule has 0 spiro atoms. The van der Waals surface area contributed by atoms with E-state index in [1.54, 1.807) is 50.4 Å². The van der Waals surface area contributed by atoms with E-state index in [9.17, 15) is 18.0 Å². The van der Waals surface area contributed by atoms with Crippen molar-refractivity contribution in [2.45, 2.75) is 69.4 Å². The van der Waals surface area contributed by atoms with Crippen molar-refractivity contribution in [3.8, 4) is 5.75 Å². The van der Waals surface area contributed by atoms with Gasteiger partial charge in [-0.1, -0.05) is 12.1 Å². The number of carbonyl (C=O) groups is 2. The minimum atomic E-state index is -3.55. The average Bonchev–Trinajstić information content (AvgIpc) is 3.33. The van der Waals surface area contributed by atoms with Crippen molar-refractivity contribution >= 4 is 67.4 Å². The van der Waals surface area contributed by atoms with Crippen LogP contribution in [0.3, 0.4) is 0 Å². The van der Waals surface area contributed by atoms with Gasteiger partial charge in [0, 0.05) is 37.4 Å². The molecule has 2 aromatic carbocycles. The summed E-state index contributed by atoms with van der Waals surface area (Å²) in [5, 5.41) is 5.85. The quantitative estimate of drug-likeness (QED) is 0.255. The van der Waals surface area contributed by atoms with Crippen molar-refractivity contribution in [3.05, 3.63) is 57.3 Å². The number of hydrogen-bond acceptors (Lipinski definition) is 10. The number of anilines is 4. The number of likely N-dealkylation sites (N-methyl/N-ethyl adjacent to an activating group) is 1. The Kier molecular flexibility index (Phi) is 10.6. The van der Waals surface area contributed by atoms with Gasteiger partial charge in [-0.2, -0.15) is 4.98 Å². The molecule has 0 atom stereocenters. The Balaban J connectivity index is 1.38. The number of sulfone groups is 1. The molecule has 0 aliphatic carbocycles. The van der Waals surface area contributed by atoms with Crippen LogP contribution in [-0.2, 0) is 21.2 Å². The molecule has 0 unspecified atom stereocenters. The summed E-state index contributed by atoms with van der Waals surface area (Å²) in [6, 6.07) is 10.5. The summed E-state index contributed by atoms with van der Waals surface area (Å²) in [6.07, 6.45) is 2.97. The van der Waals surface area contributed by atoms with Crippen LogP contribution < -0.4 is 15.4 Å². The van der Waals surface area contributed by atoms with Gasteiger partial charge in [-0.15, -0.1) is 0 Å². The van der Waals surface area contributed by atoms with Crippen molar-refractivity contribution in [3.63, 3.8) is 0 Å². The molecule has 2 aliphatic heterocycles. The number of hydrogen-bond donors (Lipinski definition) is 2. The van der Waals surface area contributed by atoms with E-state index in [1.165, 1.54) is 0 Å². The molecule has 3 aromatic rings. The normalized spacial score (nSPS) is 15.5. The van der Waals surface area contributed by atoms with E-state index in [0.717, 1.165) is 18.4 Å². The molecule has 0 radical (unpaired) electrons. The molecule has 2 amide bonds. The van der Waals surface area contributed by atoms with Gasteiger partial charge in [0.15, 0.2) is 9.84 Å². The van der Waals surface area contributed by atoms with E-state index in [0.29, 0.717) is 58.3 Å². The first-order chi connectivity index (χ1) is 22.2. The van der Waals surface area contributed by atoms with Crippen LogP contribution >= 0.6 is 22.6 Å². The van der Waals surface area contributed by atoms with Crippen LogP contribution in [0.15, 0.2) is 47.5 Å². The molecule has 2 N–H and O–H groups in total. The number of fused-ring (bicyclic) bond motifs is 1. The van der Waals surface area contributed by atoms with Gasteiger partial charge >= 0.3 is 0 Å². The molecule has 14 heteroatoms. The maximum atomic E-state index is 13.7. The first-order valence-electron chi connectivity index (χ1n) is 15.7. The molecule has 47 heavy (non-hydrogen) atoms. The molecule has 0 bridgehead atoms. The maximum absolute atomic E-state index is 13.7. The lowest BCUT2D eigenvalue weighted by atomic mass is 10.0. The van der Waals surface area contributed by atoms with Gasteiger partial charge in [0.2, 0.25) is 11.9 Å². The van der Waals surface area contributed by atoms with Crippen molar-refractivity contribution in [1.29, 1.82) is 0 Å². The molecule has 1 aromatic heterocycles. The van der Waals surface area contributed by atoms with Crippen LogP contribution in [0.5, 0.6) is 5.75 Å². The van der Waals surface area contributed by atoms with Crippen LogP contribution in [0.1, 0.15) is 56.5 Å². The van der Waals surface area contributed by atoms with Crippen LogP contribution in [0, 0.1) is 3.57 Å². The topological polar surface area (TPSA) is 137 Å². The van der Waals surface area contributed by atoms with Gasteiger partial charge in [-0.3, -0.25) is 9.59 Å². The number of ether oxygens (including phenoxy) is 1. The fourth-order valence-corrected chi connectivity index (χ4v) is 7.33. The predicted octanol–water partition coefficient (Wildman–Crippen LogP) is 5.05. The summed E-state index contributed by atoms with van der Waals surface area (Å²) in [4.78, 5) is 41.3. The van der Waals surface area contributed by atoms with Gasteiger partial charge in [0.1, 0.15) is 11.6 Å². The smallest absolute Gasteiger partial charge is 0.254 e. The second-order valence-electron chi connectivity index (χ2n) is 12.7. The Labute approximate surface area is 290 Å². The van der Waals surface area contributed by atoms with Gasteiger partial charge < -0.3 is 30.1 Å². The van der Waals surface area contributed by atoms with E-state index in [2.05, 4.69) is 43.2 Å². The third-order valence-electron chi connectivity index (χ3n) is 8.17. The Morgan fingerprint density at radius 2 is 1.79 bits per heavy atom. The fourth-order valence-electron chi connectivity index (χ4n) is 5.74. The first kappa shape index (κ1) is 34.8. The van der Waals surface area contributed by atoms with E-state index in [1.807, 2.05) is 48.7 Å². The first-order valence-corrected chi connectivity index (χ1v) is 18.3. The summed E-state index contributed by atoms with van der Waals surface area (Å²) >= 11 is 2.10. The number of nitrogens with one attached hydrogen (secondary N) is 2. The Bertz CT molecular complexity index is 1760. The Morgan fingerprint density at radius 1 is 1.09 bits per heavy atom. The zero-order chi connectivity index (χ0) is 34.0. The summed E-state index contributed by atoms with van der Waals surface area (Å²) < 4.78 is 32.9. The summed E-state index contributed by atoms with van der Waals surface area (Å²) in [7, 11) is 0.219. The molecule has 1 fully saturated rings. The van der Waals surface area contributed by atoms with Crippen molar-refractivity contribution in [1.82, 2.24) is 24.7 Å². The highest BCUT2D eigenvalue weighted by Gasteiger charge is 2.36. The number of amides is 2. The monoisotopic (exact) mass is 775 g/mol. The van der Waals surface area contributed by atoms with E-state index in [4.69, 9.17) is 4.74 Å². The number of halogens is 1. The van der Waals surface area contributed by atoms with Crippen LogP contribution in [-0.4, -0.2) is 96.0 Å². The predicted molar refractivity (Wildman–Crippen MR) is 190 cm³/mol. The summed E-state index contributed by atoms with van der Waals surface area (Å²) in [5.41, 5.74) is 2.44. The van der Waals surface area contributed by atoms with Crippen molar-refractivity contribution < 1.29 is 22.7 Å². The molecular weight excluding hydrogens is 733 g/mol. The highest BCUT2D eigenvalue weighted by Crippen LogP contribution is 2.38. The lowest BCUT2D eigenvalue weighted by molar-refractivity contribution is -0.133. The van der Waals surface area contributed by atoms with Gasteiger partial charge in [-0.25, -0.2) is 13.4 Å². The number of rotatable bonds is 11. The molecule has 5 rings (SSSR count). The molecule has 0 saturated carbocycles. The molecule has 1 saturated heterocycles. The Morgan fingerprint density at radius 3 is 2.45 bits per heavy atom. The maximum Gasteiger partial charge on any atom is 0.254 e. The van der Waals surface area contributed by atoms with Crippen LogP contribution in [0.2, 0.25) is 0 Å². The fraction of sp³-hybridized carbons (Fsp3) is 0.455. The number of likely N-dealkylation sites (tertiary alicyclic amines) is 1. The third-order valence-corrected chi connectivity index (χ3v) is 11.2. The second kappa shape index (κ2) is 14.3. The molecule has 252 valence electrons. The molecular formula is C33H42IN7O5S. The number of para-hydroxylation sites is 1. The summed E-state index contributed by atoms with van der Waals surface area (Å²) in [5.74, 6) is 1.31. The molecule has 12 nitrogen and oxygen atoms in total. The lowest BCUT2D eigenvalue weighted by Gasteiger charge is -2.37. The number of aromatic nitrogens is 2. The standard InChI is InChI=1S/C33H42IN7O5S/c1-20(2)46-28-15-22-18-41(23-11-13-40(14-12-23)30(42)19-39(5)6)32(43)24(22)16-27(28)37-33-35-17-25(34)31(38-33)36-26-9-7-8-10-29(26)47(44,45)21(3)4/h7-10,15-17,20-21,23H,11-14,18-19H2,1-6H3,(H2,35,36,37,38). The Hall–Kier alpha value is -3.50. The van der Waals surface area contributed by atoms with Crippen molar-refractivity contribution in [2.24, 2.45) is 0 Å². The number of carbonyl (C=O) groups excluding carboxylic acids is 2. The number of nitrogens with zero attached hydrogens (tertiary/aromatic N) is 5. The summed E-state index contributed by atoms with van der Waals surface area (Å²) in [6.45, 7) is 9.28. The highest BCUT2D eigenvalue weighted by molar-refractivity contribution is 14.1. The third kappa shape index (κ3) is 7.81. The largest absolute Gasteiger partial charge is 0.489 e. The minimum Gasteiger partial charge on any atom is -0.489 e. The minimum absolute atomic E-state index is 0.0414. The van der Waals surface area contributed by atoms with Crippen LogP contribution in [0.4, 0.5) is 23.1 Å². The van der Waals surface area contributed by atoms with E-state index in [-0.39, 0.29) is 34.8 Å². The van der Waals surface area contributed by atoms with Gasteiger partial charge in [0.25, 0.3) is 5.91 Å². The van der Waals surface area contributed by atoms with E-state index >= 15 is 0 Å². The van der Waals surface area contributed by atoms with E-state index < -0.39 is 15.1 Å². The number of benzene rings is 2. The zero-order valence-corrected chi connectivity index (χ0v) is 30.6. The molecule has 3 heterocycles. The van der Waals surface area contributed by atoms with Gasteiger partial charge in [-0.05, 0) is 107 Å². The SMILES string of the molecule is CC(C)Oc1cc2c(cc1Nc1ncc(I)c(Nc3ccccc3S(=O)(=O)C(C)C)n1)C(=O)N(C1CCN(C(=O)CN(C)C)CC1)C2. The second-order valence-corrected chi connectivity index (χ2v) is 16.3. The zero-order valence-electron chi connectivity index (χ0n) is 27.6. The highest BCUT2D eigenvalue weighted by atomic mass is 127. The van der Waals surface area contributed by atoms with Crippen LogP contribution in [0.25, 0.3) is 0 Å². The average molecular weight is 776 g/mol. The van der Waals surface area contributed by atoms with Crippen molar-refractivity contribution in [2.75, 3.05) is 44.4 Å². The number of piperidine rings is 1. The molecule has 2 aliphatic rings. The lowest BCUT2D eigenvalue weighted by Crippen LogP contribution is -2.48.